The summed E-state index contributed by atoms with van der Waals surface area (Å²) in [7, 11) is 0. The van der Waals surface area contributed by atoms with Gasteiger partial charge in [-0.2, -0.15) is 0 Å². The van der Waals surface area contributed by atoms with E-state index in [0.29, 0.717) is 51.5 Å². The van der Waals surface area contributed by atoms with Crippen molar-refractivity contribution >= 4 is 29.9 Å². The highest BCUT2D eigenvalue weighted by atomic mass is 16.5. The van der Waals surface area contributed by atoms with Crippen LogP contribution in [0.5, 0.6) is 0 Å². The molecule has 0 aromatic heterocycles. The number of ether oxygens (including phenoxy) is 1. The summed E-state index contributed by atoms with van der Waals surface area (Å²) >= 11 is 0. The minimum absolute atomic E-state index is 0.174. The molecule has 0 saturated carbocycles. The molecular formula is C30H47N3O7. The Balaban J connectivity index is 2.15. The number of Topliss-reactive ketones (excluding diaryl/α,β-unsaturated/α-hetero) is 1. The van der Waals surface area contributed by atoms with Gasteiger partial charge in [0, 0.05) is 12.8 Å². The van der Waals surface area contributed by atoms with E-state index in [9.17, 15) is 29.1 Å². The summed E-state index contributed by atoms with van der Waals surface area (Å²) in [5.74, 6) is -3.60. The van der Waals surface area contributed by atoms with Gasteiger partial charge in [0.1, 0.15) is 18.9 Å². The topological polar surface area (TPSA) is 179 Å². The number of esters is 1. The zero-order valence-electron chi connectivity index (χ0n) is 23.6. The summed E-state index contributed by atoms with van der Waals surface area (Å²) in [6, 6.07) is 7.38. The molecule has 10 nitrogen and oxygen atoms in total. The second-order valence-corrected chi connectivity index (χ2v) is 10.2. The average Bonchev–Trinajstić information content (AvgIpc) is 2.95. The lowest BCUT2D eigenvalue weighted by Crippen LogP contribution is -2.45. The number of nitrogens with two attached hydrogens (primary N) is 2. The van der Waals surface area contributed by atoms with E-state index in [1.54, 1.807) is 0 Å². The highest BCUT2D eigenvalue weighted by Crippen LogP contribution is 2.14. The van der Waals surface area contributed by atoms with Crippen LogP contribution in [0, 0.1) is 5.92 Å². The van der Waals surface area contributed by atoms with Crippen molar-refractivity contribution in [1.82, 2.24) is 5.32 Å². The number of carbonyl (C=O) groups is 5. The highest BCUT2D eigenvalue weighted by molar-refractivity contribution is 5.97. The van der Waals surface area contributed by atoms with Gasteiger partial charge in [0.25, 0.3) is 0 Å². The Kier molecular flexibility index (Phi) is 18.9. The fraction of sp³-hybridized carbons (Fsp3) is 0.633. The molecule has 10 heteroatoms. The van der Waals surface area contributed by atoms with Gasteiger partial charge in [-0.05, 0) is 44.2 Å². The lowest BCUT2D eigenvalue weighted by atomic mass is 9.90. The fourth-order valence-corrected chi connectivity index (χ4v) is 4.33. The number of hydrogen-bond donors (Lipinski definition) is 4. The van der Waals surface area contributed by atoms with E-state index in [-0.39, 0.29) is 18.8 Å². The number of benzene rings is 1. The first-order valence-electron chi connectivity index (χ1n) is 14.4. The Morgan fingerprint density at radius 2 is 1.48 bits per heavy atom. The molecule has 0 spiro atoms. The fourth-order valence-electron chi connectivity index (χ4n) is 4.33. The quantitative estimate of drug-likeness (QED) is 0.0636. The summed E-state index contributed by atoms with van der Waals surface area (Å²) in [6.07, 6.45) is 9.66. The molecule has 0 aliphatic rings. The molecule has 0 heterocycles. The molecule has 6 N–H and O–H groups in total. The van der Waals surface area contributed by atoms with Crippen molar-refractivity contribution in [2.75, 3.05) is 6.54 Å². The lowest BCUT2D eigenvalue weighted by Gasteiger charge is -2.20. The molecule has 3 atom stereocenters. The third-order valence-corrected chi connectivity index (χ3v) is 6.76. The van der Waals surface area contributed by atoms with Crippen molar-refractivity contribution in [3.63, 3.8) is 0 Å². The highest BCUT2D eigenvalue weighted by Gasteiger charge is 2.30. The van der Waals surface area contributed by atoms with Crippen LogP contribution in [0.3, 0.4) is 0 Å². The molecular weight excluding hydrogens is 514 g/mol. The predicted octanol–water partition coefficient (Wildman–Crippen LogP) is 3.43. The summed E-state index contributed by atoms with van der Waals surface area (Å²) < 4.78 is 5.27. The summed E-state index contributed by atoms with van der Waals surface area (Å²) in [5, 5.41) is 11.9. The zero-order chi connectivity index (χ0) is 29.6. The SMILES string of the molecule is NCCCC[C@H](N)C(=O)C(C=O)C[C@H](NC(=O)CCCCCCCCCCC(=O)OCc1ccccc1)C(=O)O. The van der Waals surface area contributed by atoms with E-state index < -0.39 is 35.7 Å². The van der Waals surface area contributed by atoms with Gasteiger partial charge < -0.3 is 31.4 Å². The number of amides is 1. The van der Waals surface area contributed by atoms with E-state index in [1.807, 2.05) is 30.3 Å². The minimum Gasteiger partial charge on any atom is -0.480 e. The Morgan fingerprint density at radius 3 is 2.05 bits per heavy atom. The number of rotatable bonds is 24. The van der Waals surface area contributed by atoms with Crippen LogP contribution in [0.1, 0.15) is 95.5 Å². The maximum absolute atomic E-state index is 12.5. The molecule has 0 radical (unpaired) electrons. The molecule has 0 aliphatic carbocycles. The number of ketones is 1. The first-order valence-corrected chi connectivity index (χ1v) is 14.4. The van der Waals surface area contributed by atoms with Crippen molar-refractivity contribution in [2.24, 2.45) is 17.4 Å². The van der Waals surface area contributed by atoms with Gasteiger partial charge in [0.15, 0.2) is 5.78 Å². The van der Waals surface area contributed by atoms with Crippen LogP contribution >= 0.6 is 0 Å². The number of unbranched alkanes of at least 4 members (excludes halogenated alkanes) is 8. The monoisotopic (exact) mass is 561 g/mol. The van der Waals surface area contributed by atoms with Crippen LogP contribution < -0.4 is 16.8 Å². The molecule has 1 aromatic rings. The molecule has 224 valence electrons. The molecule has 0 bridgehead atoms. The van der Waals surface area contributed by atoms with Gasteiger partial charge in [0.05, 0.1) is 12.0 Å². The van der Waals surface area contributed by atoms with Crippen molar-refractivity contribution in [1.29, 1.82) is 0 Å². The molecule has 1 rings (SSSR count). The third kappa shape index (κ3) is 16.1. The van der Waals surface area contributed by atoms with Crippen molar-refractivity contribution in [3.05, 3.63) is 35.9 Å². The predicted molar refractivity (Wildman–Crippen MR) is 152 cm³/mol. The van der Waals surface area contributed by atoms with E-state index in [1.165, 1.54) is 0 Å². The first-order chi connectivity index (χ1) is 19.3. The number of aldehydes is 1. The summed E-state index contributed by atoms with van der Waals surface area (Å²) in [5.41, 5.74) is 12.3. The lowest BCUT2D eigenvalue weighted by molar-refractivity contribution is -0.145. The zero-order valence-corrected chi connectivity index (χ0v) is 23.6. The van der Waals surface area contributed by atoms with Crippen molar-refractivity contribution in [3.8, 4) is 0 Å². The van der Waals surface area contributed by atoms with E-state index in [4.69, 9.17) is 16.2 Å². The van der Waals surface area contributed by atoms with Gasteiger partial charge in [-0.15, -0.1) is 0 Å². The Morgan fingerprint density at radius 1 is 0.875 bits per heavy atom. The summed E-state index contributed by atoms with van der Waals surface area (Å²) in [6.45, 7) is 0.777. The number of aliphatic carboxylic acids is 1. The van der Waals surface area contributed by atoms with Gasteiger partial charge in [-0.3, -0.25) is 14.4 Å². The number of carboxylic acids is 1. The number of carbonyl (C=O) groups excluding carboxylic acids is 4. The molecule has 0 saturated heterocycles. The largest absolute Gasteiger partial charge is 0.480 e. The number of nitrogens with one attached hydrogen (secondary N) is 1. The number of carboxylic acid groups (broad SMARTS) is 1. The standard InChI is InChI=1S/C30H47N3O7/c31-19-13-12-16-25(32)29(37)24(21-34)20-26(30(38)39)33-27(35)17-10-5-3-1-2-4-6-11-18-28(36)40-22-23-14-8-7-9-15-23/h7-9,14-15,21,24-26H,1-6,10-13,16-20,22,31-32H2,(H,33,35)(H,38,39)/t24?,25-,26-/m0/s1. The van der Waals surface area contributed by atoms with Gasteiger partial charge >= 0.3 is 11.9 Å². The maximum Gasteiger partial charge on any atom is 0.326 e. The van der Waals surface area contributed by atoms with Crippen LogP contribution in [-0.2, 0) is 35.3 Å². The second-order valence-electron chi connectivity index (χ2n) is 10.2. The van der Waals surface area contributed by atoms with Crippen LogP contribution in [-0.4, -0.2) is 53.7 Å². The number of hydrogen-bond acceptors (Lipinski definition) is 8. The Bertz CT molecular complexity index is 895. The van der Waals surface area contributed by atoms with Crippen molar-refractivity contribution < 1.29 is 33.8 Å². The molecule has 0 fully saturated rings. The third-order valence-electron chi connectivity index (χ3n) is 6.76. The van der Waals surface area contributed by atoms with Crippen LogP contribution in [0.15, 0.2) is 30.3 Å². The van der Waals surface area contributed by atoms with E-state index in [2.05, 4.69) is 5.32 Å². The van der Waals surface area contributed by atoms with Crippen LogP contribution in [0.4, 0.5) is 0 Å². The van der Waals surface area contributed by atoms with Crippen LogP contribution in [0.25, 0.3) is 0 Å². The van der Waals surface area contributed by atoms with Gasteiger partial charge in [-0.25, -0.2) is 4.79 Å². The van der Waals surface area contributed by atoms with Gasteiger partial charge in [0.2, 0.25) is 5.91 Å². The Labute approximate surface area is 237 Å². The average molecular weight is 562 g/mol. The molecule has 40 heavy (non-hydrogen) atoms. The molecule has 1 aromatic carbocycles. The second kappa shape index (κ2) is 21.7. The minimum atomic E-state index is -1.33. The van der Waals surface area contributed by atoms with Gasteiger partial charge in [-0.1, -0.05) is 75.3 Å². The maximum atomic E-state index is 12.5. The van der Waals surface area contributed by atoms with E-state index >= 15 is 0 Å². The smallest absolute Gasteiger partial charge is 0.326 e. The van der Waals surface area contributed by atoms with Crippen molar-refractivity contribution in [2.45, 2.75) is 109 Å². The molecule has 0 aliphatic heterocycles. The first kappa shape index (κ1) is 34.9. The normalized spacial score (nSPS) is 13.2. The molecule has 1 amide bonds. The van der Waals surface area contributed by atoms with E-state index in [0.717, 1.165) is 50.5 Å². The Hall–Kier alpha value is -3.11. The molecule has 1 unspecified atom stereocenters. The van der Waals surface area contributed by atoms with Crippen LogP contribution in [0.2, 0.25) is 0 Å². The summed E-state index contributed by atoms with van der Waals surface area (Å²) in [4.78, 5) is 59.6.